The van der Waals surface area contributed by atoms with E-state index in [2.05, 4.69) is 21.1 Å². The van der Waals surface area contributed by atoms with Gasteiger partial charge in [-0.1, -0.05) is 12.0 Å². The number of nitrogens with zero attached hydrogens (tertiary/aromatic N) is 4. The lowest BCUT2D eigenvalue weighted by molar-refractivity contribution is -0.131. The van der Waals surface area contributed by atoms with Crippen molar-refractivity contribution in [3.63, 3.8) is 0 Å². The third kappa shape index (κ3) is 5.27. The first-order chi connectivity index (χ1) is 24.1. The number of hydrogen-bond acceptors (Lipinski definition) is 9. The molecule has 4 aliphatic heterocycles. The molecule has 1 aromatic heterocycles. The van der Waals surface area contributed by atoms with Crippen molar-refractivity contribution in [1.29, 1.82) is 0 Å². The molecule has 9 nitrogen and oxygen atoms in total. The molecule has 50 heavy (non-hydrogen) atoms. The molecule has 5 heterocycles. The van der Waals surface area contributed by atoms with Crippen molar-refractivity contribution in [2.45, 2.75) is 62.8 Å². The maximum absolute atomic E-state index is 17.3. The predicted octanol–water partition coefficient (Wildman–Crippen LogP) is 5.68. The van der Waals surface area contributed by atoms with Crippen LogP contribution in [0.25, 0.3) is 32.8 Å². The minimum atomic E-state index is -1.09. The molecule has 4 fully saturated rings. The Balaban J connectivity index is 1.36. The zero-order valence-electron chi connectivity index (χ0n) is 27.6. The Kier molecular flexibility index (Phi) is 7.99. The summed E-state index contributed by atoms with van der Waals surface area (Å²) in [5.74, 6) is -1.44. The van der Waals surface area contributed by atoms with Crippen LogP contribution in [0.3, 0.4) is 0 Å². The van der Waals surface area contributed by atoms with E-state index in [1.54, 1.807) is 0 Å². The molecule has 0 radical (unpaired) electrons. The number of benzene rings is 3. The molecule has 3 aromatic carbocycles. The zero-order valence-corrected chi connectivity index (χ0v) is 27.6. The van der Waals surface area contributed by atoms with Crippen LogP contribution in [0.15, 0.2) is 24.3 Å². The van der Waals surface area contributed by atoms with Gasteiger partial charge in [-0.25, -0.2) is 17.6 Å². The standard InChI is InChI=1S/C37H35F4N5O4/c1-4-25-27(39)9-6-20-12-24(50-19(2)47)13-26(28(20)25)29-31(40)33-30(34(48-3)32(29)41)35(45-16-22-7-8-23(17-45)42-22)44-36(43-33)49-18-37-10-5-11-46(37)15-21(38)14-37/h1,6,9,12-13,21-23,42H,5,7-8,10-11,14-18H2,2-3H3/t21-,22?,23?,37+/m1/s1. The van der Waals surface area contributed by atoms with Crippen LogP contribution in [0.4, 0.5) is 23.4 Å². The Morgan fingerprint density at radius 2 is 1.88 bits per heavy atom. The Bertz CT molecular complexity index is 2100. The van der Waals surface area contributed by atoms with Crippen LogP contribution in [0.2, 0.25) is 0 Å². The van der Waals surface area contributed by atoms with Gasteiger partial charge in [-0.05, 0) is 55.8 Å². The lowest BCUT2D eigenvalue weighted by Crippen LogP contribution is -2.51. The summed E-state index contributed by atoms with van der Waals surface area (Å²) in [5, 5.41) is 3.89. The van der Waals surface area contributed by atoms with Crippen molar-refractivity contribution in [3.05, 3.63) is 47.3 Å². The molecular weight excluding hydrogens is 654 g/mol. The number of aromatic nitrogens is 2. The summed E-state index contributed by atoms with van der Waals surface area (Å²) in [7, 11) is 1.26. The summed E-state index contributed by atoms with van der Waals surface area (Å²) < 4.78 is 81.2. The second kappa shape index (κ2) is 12.3. The quantitative estimate of drug-likeness (QED) is 0.114. The van der Waals surface area contributed by atoms with Crippen LogP contribution in [0.5, 0.6) is 17.5 Å². The van der Waals surface area contributed by atoms with Gasteiger partial charge in [-0.3, -0.25) is 9.69 Å². The fraction of sp³-hybridized carbons (Fsp3) is 0.432. The van der Waals surface area contributed by atoms with Gasteiger partial charge >= 0.3 is 12.0 Å². The monoisotopic (exact) mass is 689 g/mol. The van der Waals surface area contributed by atoms with Gasteiger partial charge in [-0.2, -0.15) is 9.97 Å². The number of halogens is 4. The summed E-state index contributed by atoms with van der Waals surface area (Å²) >= 11 is 0. The summed E-state index contributed by atoms with van der Waals surface area (Å²) in [4.78, 5) is 25.3. The third-order valence-electron chi connectivity index (χ3n) is 10.6. The largest absolute Gasteiger partial charge is 0.493 e. The highest BCUT2D eigenvalue weighted by Crippen LogP contribution is 2.47. The lowest BCUT2D eigenvalue weighted by Gasteiger charge is -2.35. The smallest absolute Gasteiger partial charge is 0.319 e. The topological polar surface area (TPSA) is 89.0 Å². The van der Waals surface area contributed by atoms with Crippen molar-refractivity contribution in [3.8, 4) is 41.0 Å². The summed E-state index contributed by atoms with van der Waals surface area (Å²) in [6.45, 7) is 3.41. The number of terminal acetylenes is 1. The Hall–Kier alpha value is -4.67. The maximum atomic E-state index is 17.3. The van der Waals surface area contributed by atoms with Crippen molar-refractivity contribution < 1.29 is 36.6 Å². The maximum Gasteiger partial charge on any atom is 0.319 e. The molecule has 0 aliphatic carbocycles. The SMILES string of the molecule is C#Cc1c(F)ccc2cc(OC(C)=O)cc(-c3c(F)c(OC)c4c(N5CC6CCC(C5)N6)nc(OC[C@@]56CCCN5C[C@H](F)C6)nc4c3F)c12. The van der Waals surface area contributed by atoms with Crippen molar-refractivity contribution >= 4 is 33.5 Å². The number of fused-ring (bicyclic) bond motifs is 5. The van der Waals surface area contributed by atoms with E-state index >= 15 is 13.2 Å². The van der Waals surface area contributed by atoms with Crippen molar-refractivity contribution in [1.82, 2.24) is 20.2 Å². The van der Waals surface area contributed by atoms with Gasteiger partial charge in [0.1, 0.15) is 35.7 Å². The van der Waals surface area contributed by atoms with Crippen LogP contribution in [0.1, 0.15) is 44.6 Å². The van der Waals surface area contributed by atoms with Crippen LogP contribution in [-0.4, -0.2) is 84.5 Å². The molecular formula is C37H35F4N5O4. The van der Waals surface area contributed by atoms with Crippen molar-refractivity contribution in [2.75, 3.05) is 44.8 Å². The number of anilines is 1. The number of ether oxygens (including phenoxy) is 3. The number of piperazine rings is 1. The van der Waals surface area contributed by atoms with Gasteiger partial charge in [0.15, 0.2) is 17.4 Å². The zero-order chi connectivity index (χ0) is 34.9. The number of alkyl halides is 1. The van der Waals surface area contributed by atoms with Gasteiger partial charge in [0.25, 0.3) is 0 Å². The summed E-state index contributed by atoms with van der Waals surface area (Å²) in [6, 6.07) is 5.37. The highest BCUT2D eigenvalue weighted by atomic mass is 19.1. The van der Waals surface area contributed by atoms with E-state index in [4.69, 9.17) is 25.6 Å². The fourth-order valence-corrected chi connectivity index (χ4v) is 8.55. The van der Waals surface area contributed by atoms with Gasteiger partial charge in [0.05, 0.1) is 29.2 Å². The number of hydrogen-bond donors (Lipinski definition) is 1. The van der Waals surface area contributed by atoms with E-state index in [1.807, 2.05) is 4.90 Å². The fourth-order valence-electron chi connectivity index (χ4n) is 8.55. The van der Waals surface area contributed by atoms with E-state index in [9.17, 15) is 9.18 Å². The second-order valence-corrected chi connectivity index (χ2v) is 13.7. The van der Waals surface area contributed by atoms with Gasteiger partial charge in [-0.15, -0.1) is 6.42 Å². The van der Waals surface area contributed by atoms with Gasteiger partial charge in [0.2, 0.25) is 0 Å². The molecule has 260 valence electrons. The summed E-state index contributed by atoms with van der Waals surface area (Å²) in [5.41, 5.74) is -1.81. The number of rotatable bonds is 7. The van der Waals surface area contributed by atoms with Crippen molar-refractivity contribution in [2.24, 2.45) is 0 Å². The molecule has 0 amide bonds. The van der Waals surface area contributed by atoms with E-state index in [-0.39, 0.29) is 74.8 Å². The molecule has 4 aromatic rings. The lowest BCUT2D eigenvalue weighted by atomic mass is 9.92. The number of methoxy groups -OCH3 is 1. The summed E-state index contributed by atoms with van der Waals surface area (Å²) in [6.07, 6.45) is 8.59. The average molecular weight is 690 g/mol. The minimum Gasteiger partial charge on any atom is -0.493 e. The Morgan fingerprint density at radius 3 is 2.60 bits per heavy atom. The molecule has 2 unspecified atom stereocenters. The van der Waals surface area contributed by atoms with Crippen LogP contribution in [-0.2, 0) is 4.79 Å². The van der Waals surface area contributed by atoms with Crippen LogP contribution >= 0.6 is 0 Å². The van der Waals surface area contributed by atoms with E-state index in [0.29, 0.717) is 26.1 Å². The normalized spacial score (nSPS) is 24.5. The van der Waals surface area contributed by atoms with E-state index in [1.165, 1.54) is 32.2 Å². The molecule has 1 N–H and O–H groups in total. The Morgan fingerprint density at radius 1 is 1.10 bits per heavy atom. The predicted molar refractivity (Wildman–Crippen MR) is 179 cm³/mol. The highest BCUT2D eigenvalue weighted by Gasteiger charge is 2.49. The Labute approximate surface area is 285 Å². The van der Waals surface area contributed by atoms with Gasteiger partial charge in [0, 0.05) is 56.0 Å². The van der Waals surface area contributed by atoms with E-state index in [0.717, 1.165) is 38.3 Å². The minimum absolute atomic E-state index is 0.00837. The number of nitrogens with one attached hydrogen (secondary N) is 1. The first kappa shape index (κ1) is 32.5. The average Bonchev–Trinajstić information content (AvgIpc) is 3.73. The third-order valence-corrected chi connectivity index (χ3v) is 10.6. The number of esters is 1. The van der Waals surface area contributed by atoms with Gasteiger partial charge < -0.3 is 24.4 Å². The second-order valence-electron chi connectivity index (χ2n) is 13.7. The molecule has 8 rings (SSSR count). The molecule has 4 saturated heterocycles. The molecule has 4 aliphatic rings. The molecule has 2 bridgehead atoms. The molecule has 0 saturated carbocycles. The number of carbonyl (C=O) groups excluding carboxylic acids is 1. The highest BCUT2D eigenvalue weighted by molar-refractivity contribution is 6.06. The van der Waals surface area contributed by atoms with E-state index < -0.39 is 40.7 Å². The first-order valence-electron chi connectivity index (χ1n) is 16.8. The first-order valence-corrected chi connectivity index (χ1v) is 16.8. The molecule has 13 heteroatoms. The molecule has 0 spiro atoms. The van der Waals surface area contributed by atoms with Crippen LogP contribution < -0.4 is 24.4 Å². The number of carbonyl (C=O) groups is 1. The van der Waals surface area contributed by atoms with Crippen LogP contribution in [0, 0.1) is 29.8 Å². The molecule has 4 atom stereocenters.